The molecule has 2 atom stereocenters. The predicted molar refractivity (Wildman–Crippen MR) is 78.1 cm³/mol. The molecule has 1 fully saturated rings. The highest BCUT2D eigenvalue weighted by Crippen LogP contribution is 2.32. The molecule has 1 aromatic carbocycles. The van der Waals surface area contributed by atoms with Gasteiger partial charge in [-0.05, 0) is 24.1 Å². The summed E-state index contributed by atoms with van der Waals surface area (Å²) in [6, 6.07) is 8.26. The third-order valence-corrected chi connectivity index (χ3v) is 3.69. The minimum atomic E-state index is -0.0933. The lowest BCUT2D eigenvalue weighted by Gasteiger charge is -2.27. The van der Waals surface area contributed by atoms with E-state index in [0.29, 0.717) is 6.42 Å². The molecule has 1 aliphatic rings. The summed E-state index contributed by atoms with van der Waals surface area (Å²) < 4.78 is 0. The van der Waals surface area contributed by atoms with Crippen LogP contribution in [0.4, 0.5) is 5.69 Å². The van der Waals surface area contributed by atoms with Crippen molar-refractivity contribution in [3.05, 3.63) is 29.8 Å². The highest BCUT2D eigenvalue weighted by atomic mass is 16.2. The number of amides is 1. The standard InChI is InChI=1S/C15H23N3O/c1-4-9-18-14(19)10-13(16)15(18)11-5-7-12(8-6-11)17(2)3/h5-8,13,15H,4,9-10,16H2,1-3H3. The molecule has 19 heavy (non-hydrogen) atoms. The second-order valence-corrected chi connectivity index (χ2v) is 5.39. The summed E-state index contributed by atoms with van der Waals surface area (Å²) in [4.78, 5) is 16.0. The van der Waals surface area contributed by atoms with Crippen LogP contribution in [0.15, 0.2) is 24.3 Å². The van der Waals surface area contributed by atoms with Gasteiger partial charge in [-0.25, -0.2) is 0 Å². The van der Waals surface area contributed by atoms with Crippen LogP contribution in [0.5, 0.6) is 0 Å². The van der Waals surface area contributed by atoms with Gasteiger partial charge in [-0.3, -0.25) is 4.79 Å². The molecule has 0 spiro atoms. The summed E-state index contributed by atoms with van der Waals surface area (Å²) in [6.45, 7) is 2.87. The normalized spacial score (nSPS) is 22.9. The number of nitrogens with zero attached hydrogens (tertiary/aromatic N) is 2. The first-order valence-electron chi connectivity index (χ1n) is 6.87. The fraction of sp³-hybridized carbons (Fsp3) is 0.533. The van der Waals surface area contributed by atoms with Gasteiger partial charge in [0.2, 0.25) is 5.91 Å². The van der Waals surface area contributed by atoms with Gasteiger partial charge in [0, 0.05) is 38.8 Å². The molecule has 1 saturated heterocycles. The van der Waals surface area contributed by atoms with Crippen molar-refractivity contribution in [1.82, 2.24) is 4.90 Å². The van der Waals surface area contributed by atoms with Gasteiger partial charge >= 0.3 is 0 Å². The molecule has 0 aromatic heterocycles. The molecule has 1 heterocycles. The first-order valence-corrected chi connectivity index (χ1v) is 6.87. The van der Waals surface area contributed by atoms with E-state index < -0.39 is 0 Å². The van der Waals surface area contributed by atoms with E-state index in [1.54, 1.807) is 0 Å². The second-order valence-electron chi connectivity index (χ2n) is 5.39. The Bertz CT molecular complexity index is 441. The van der Waals surface area contributed by atoms with Crippen molar-refractivity contribution in [3.8, 4) is 0 Å². The van der Waals surface area contributed by atoms with E-state index >= 15 is 0 Å². The Kier molecular flexibility index (Phi) is 4.10. The van der Waals surface area contributed by atoms with Gasteiger partial charge in [0.05, 0.1) is 6.04 Å². The topological polar surface area (TPSA) is 49.6 Å². The number of carbonyl (C=O) groups is 1. The van der Waals surface area contributed by atoms with E-state index in [9.17, 15) is 4.79 Å². The van der Waals surface area contributed by atoms with Crippen LogP contribution < -0.4 is 10.6 Å². The molecule has 104 valence electrons. The maximum absolute atomic E-state index is 12.0. The Balaban J connectivity index is 2.25. The monoisotopic (exact) mass is 261 g/mol. The van der Waals surface area contributed by atoms with Crippen LogP contribution in [0.25, 0.3) is 0 Å². The molecule has 4 heteroatoms. The molecule has 2 unspecified atom stereocenters. The van der Waals surface area contributed by atoms with E-state index in [4.69, 9.17) is 5.73 Å². The fourth-order valence-corrected chi connectivity index (χ4v) is 2.72. The zero-order valence-corrected chi connectivity index (χ0v) is 12.0. The minimum absolute atomic E-state index is 0.0312. The smallest absolute Gasteiger partial charge is 0.224 e. The highest BCUT2D eigenvalue weighted by Gasteiger charge is 2.37. The number of likely N-dealkylation sites (tertiary alicyclic amines) is 1. The average Bonchev–Trinajstić information content (AvgIpc) is 2.65. The van der Waals surface area contributed by atoms with E-state index in [0.717, 1.165) is 24.2 Å². The number of hydrogen-bond donors (Lipinski definition) is 1. The van der Waals surface area contributed by atoms with Crippen molar-refractivity contribution >= 4 is 11.6 Å². The number of rotatable bonds is 4. The predicted octanol–water partition coefficient (Wildman–Crippen LogP) is 1.76. The maximum Gasteiger partial charge on any atom is 0.224 e. The van der Waals surface area contributed by atoms with Crippen LogP contribution in [-0.2, 0) is 4.79 Å². The molecule has 0 radical (unpaired) electrons. The minimum Gasteiger partial charge on any atom is -0.378 e. The van der Waals surface area contributed by atoms with Gasteiger partial charge in [0.25, 0.3) is 0 Å². The van der Waals surface area contributed by atoms with Crippen LogP contribution in [0.3, 0.4) is 0 Å². The number of anilines is 1. The van der Waals surface area contributed by atoms with Gasteiger partial charge in [-0.1, -0.05) is 19.1 Å². The average molecular weight is 261 g/mol. The van der Waals surface area contributed by atoms with Crippen molar-refractivity contribution in [2.75, 3.05) is 25.5 Å². The maximum atomic E-state index is 12.0. The third-order valence-electron chi connectivity index (χ3n) is 3.69. The molecular weight excluding hydrogens is 238 g/mol. The molecule has 2 rings (SSSR count). The molecule has 0 bridgehead atoms. The number of carbonyl (C=O) groups excluding carboxylic acids is 1. The number of nitrogens with two attached hydrogens (primary N) is 1. The van der Waals surface area contributed by atoms with Crippen molar-refractivity contribution in [1.29, 1.82) is 0 Å². The SMILES string of the molecule is CCCN1C(=O)CC(N)C1c1ccc(N(C)C)cc1. The fourth-order valence-electron chi connectivity index (χ4n) is 2.72. The first kappa shape index (κ1) is 13.9. The van der Waals surface area contributed by atoms with Crippen LogP contribution in [0.1, 0.15) is 31.4 Å². The molecule has 0 saturated carbocycles. The van der Waals surface area contributed by atoms with Crippen molar-refractivity contribution in [3.63, 3.8) is 0 Å². The van der Waals surface area contributed by atoms with Gasteiger partial charge < -0.3 is 15.5 Å². The number of hydrogen-bond acceptors (Lipinski definition) is 3. The summed E-state index contributed by atoms with van der Waals surface area (Å²) in [6.07, 6.45) is 1.42. The van der Waals surface area contributed by atoms with Crippen LogP contribution in [0, 0.1) is 0 Å². The lowest BCUT2D eigenvalue weighted by atomic mass is 10.0. The van der Waals surface area contributed by atoms with E-state index in [1.807, 2.05) is 19.0 Å². The molecule has 1 aliphatic heterocycles. The zero-order chi connectivity index (χ0) is 14.0. The van der Waals surface area contributed by atoms with Gasteiger partial charge in [0.1, 0.15) is 0 Å². The van der Waals surface area contributed by atoms with Crippen molar-refractivity contribution in [2.24, 2.45) is 5.73 Å². The Hall–Kier alpha value is -1.55. The summed E-state index contributed by atoms with van der Waals surface area (Å²) in [5.74, 6) is 0.177. The molecule has 2 N–H and O–H groups in total. The Morgan fingerprint density at radius 2 is 1.95 bits per heavy atom. The van der Waals surface area contributed by atoms with E-state index in [2.05, 4.69) is 36.1 Å². The lowest BCUT2D eigenvalue weighted by molar-refractivity contribution is -0.129. The van der Waals surface area contributed by atoms with Crippen molar-refractivity contribution < 1.29 is 4.79 Å². The number of benzene rings is 1. The summed E-state index contributed by atoms with van der Waals surface area (Å²) >= 11 is 0. The van der Waals surface area contributed by atoms with Crippen LogP contribution in [0.2, 0.25) is 0 Å². The van der Waals surface area contributed by atoms with E-state index in [-0.39, 0.29) is 18.0 Å². The summed E-state index contributed by atoms with van der Waals surface area (Å²) in [7, 11) is 4.03. The second kappa shape index (κ2) is 5.61. The molecule has 1 amide bonds. The molecule has 4 nitrogen and oxygen atoms in total. The van der Waals surface area contributed by atoms with Crippen LogP contribution in [-0.4, -0.2) is 37.5 Å². The summed E-state index contributed by atoms with van der Waals surface area (Å²) in [5.41, 5.74) is 8.44. The van der Waals surface area contributed by atoms with Gasteiger partial charge in [-0.15, -0.1) is 0 Å². The first-order chi connectivity index (χ1) is 9.04. The van der Waals surface area contributed by atoms with Gasteiger partial charge in [-0.2, -0.15) is 0 Å². The van der Waals surface area contributed by atoms with Gasteiger partial charge in [0.15, 0.2) is 0 Å². The molecule has 0 aliphatic carbocycles. The lowest BCUT2D eigenvalue weighted by Crippen LogP contribution is -2.33. The Morgan fingerprint density at radius 1 is 1.32 bits per heavy atom. The Morgan fingerprint density at radius 3 is 2.47 bits per heavy atom. The highest BCUT2D eigenvalue weighted by molar-refractivity contribution is 5.80. The quantitative estimate of drug-likeness (QED) is 0.898. The van der Waals surface area contributed by atoms with Crippen molar-refractivity contribution in [2.45, 2.75) is 31.8 Å². The van der Waals surface area contributed by atoms with Crippen LogP contribution >= 0.6 is 0 Å². The van der Waals surface area contributed by atoms with E-state index in [1.165, 1.54) is 0 Å². The Labute approximate surface area is 115 Å². The largest absolute Gasteiger partial charge is 0.378 e. The molecule has 1 aromatic rings. The summed E-state index contributed by atoms with van der Waals surface area (Å²) in [5, 5.41) is 0. The molecular formula is C15H23N3O. The zero-order valence-electron chi connectivity index (χ0n) is 12.0. The third kappa shape index (κ3) is 2.73.